The summed E-state index contributed by atoms with van der Waals surface area (Å²) in [4.78, 5) is 26.2. The number of ether oxygens (including phenoxy) is 1. The lowest BCUT2D eigenvalue weighted by Gasteiger charge is -2.19. The van der Waals surface area contributed by atoms with Crippen molar-refractivity contribution in [1.29, 1.82) is 0 Å². The Morgan fingerprint density at radius 3 is 2.65 bits per heavy atom. The number of aldehydes is 1. The Morgan fingerprint density at radius 1 is 1.47 bits per heavy atom. The number of rotatable bonds is 2. The minimum absolute atomic E-state index is 0.144. The number of nitrogens with one attached hydrogen (secondary N) is 1. The van der Waals surface area contributed by atoms with Crippen molar-refractivity contribution in [2.75, 3.05) is 5.32 Å². The Balaban J connectivity index is 2.81. The Morgan fingerprint density at radius 2 is 2.12 bits per heavy atom. The van der Waals surface area contributed by atoms with E-state index < -0.39 is 11.7 Å². The first-order chi connectivity index (χ1) is 7.81. The zero-order chi connectivity index (χ0) is 13.1. The van der Waals surface area contributed by atoms with Crippen molar-refractivity contribution in [1.82, 2.24) is 4.98 Å². The molecule has 0 aliphatic heterocycles. The average Bonchev–Trinajstić information content (AvgIpc) is 2.17. The van der Waals surface area contributed by atoms with Crippen molar-refractivity contribution in [2.45, 2.75) is 26.4 Å². The van der Waals surface area contributed by atoms with Crippen LogP contribution >= 0.6 is 15.9 Å². The number of hydrogen-bond acceptors (Lipinski definition) is 4. The van der Waals surface area contributed by atoms with Gasteiger partial charge in [-0.25, -0.2) is 9.78 Å². The number of carbonyl (C=O) groups is 2. The van der Waals surface area contributed by atoms with Crippen LogP contribution in [0.5, 0.6) is 0 Å². The lowest BCUT2D eigenvalue weighted by Crippen LogP contribution is -2.27. The molecular formula is C11H13BrN2O3. The third kappa shape index (κ3) is 4.52. The van der Waals surface area contributed by atoms with Gasteiger partial charge in [0.25, 0.3) is 0 Å². The van der Waals surface area contributed by atoms with E-state index in [0.717, 1.165) is 0 Å². The molecule has 1 rings (SSSR count). The normalized spacial score (nSPS) is 10.8. The quantitative estimate of drug-likeness (QED) is 0.673. The molecule has 1 aromatic rings. The van der Waals surface area contributed by atoms with Gasteiger partial charge in [-0.15, -0.1) is 0 Å². The van der Waals surface area contributed by atoms with Crippen LogP contribution < -0.4 is 5.32 Å². The molecule has 92 valence electrons. The van der Waals surface area contributed by atoms with E-state index >= 15 is 0 Å². The number of nitrogens with zero attached hydrogens (tertiary/aromatic N) is 1. The summed E-state index contributed by atoms with van der Waals surface area (Å²) in [6.07, 6.45) is -0.0537. The molecule has 1 N–H and O–H groups in total. The first-order valence-electron chi connectivity index (χ1n) is 4.93. The number of carbonyl (C=O) groups excluding carboxylic acids is 2. The Labute approximate surface area is 108 Å². The SMILES string of the molecule is CC(C)(C)OC(=O)Nc1ccc(Br)nc1C=O. The predicted molar refractivity (Wildman–Crippen MR) is 67.2 cm³/mol. The number of hydrogen-bond donors (Lipinski definition) is 1. The zero-order valence-electron chi connectivity index (χ0n) is 9.78. The fraction of sp³-hybridized carbons (Fsp3) is 0.364. The first kappa shape index (κ1) is 13.6. The zero-order valence-corrected chi connectivity index (χ0v) is 11.4. The summed E-state index contributed by atoms with van der Waals surface area (Å²) >= 11 is 3.14. The smallest absolute Gasteiger partial charge is 0.412 e. The summed E-state index contributed by atoms with van der Waals surface area (Å²) in [5.74, 6) is 0. The van der Waals surface area contributed by atoms with E-state index in [4.69, 9.17) is 4.74 Å². The second-order valence-electron chi connectivity index (χ2n) is 4.31. The molecule has 0 radical (unpaired) electrons. The number of pyridine rings is 1. The maximum absolute atomic E-state index is 11.5. The number of anilines is 1. The second-order valence-corrected chi connectivity index (χ2v) is 5.12. The lowest BCUT2D eigenvalue weighted by atomic mass is 10.2. The van der Waals surface area contributed by atoms with Gasteiger partial charge in [-0.05, 0) is 48.8 Å². The van der Waals surface area contributed by atoms with Crippen LogP contribution in [0.3, 0.4) is 0 Å². The molecule has 1 aromatic heterocycles. The largest absolute Gasteiger partial charge is 0.444 e. The number of aromatic nitrogens is 1. The molecule has 0 saturated carbocycles. The van der Waals surface area contributed by atoms with Crippen LogP contribution in [0.2, 0.25) is 0 Å². The van der Waals surface area contributed by atoms with Crippen molar-refractivity contribution in [3.05, 3.63) is 22.4 Å². The van der Waals surface area contributed by atoms with Crippen LogP contribution in [0.4, 0.5) is 10.5 Å². The minimum atomic E-state index is -0.621. The van der Waals surface area contributed by atoms with E-state index in [1.807, 2.05) is 0 Å². The highest BCUT2D eigenvalue weighted by atomic mass is 79.9. The van der Waals surface area contributed by atoms with Gasteiger partial charge in [-0.3, -0.25) is 10.1 Å². The fourth-order valence-corrected chi connectivity index (χ4v) is 1.38. The standard InChI is InChI=1S/C11H13BrN2O3/c1-11(2,3)17-10(16)14-7-4-5-9(12)13-8(7)6-15/h4-6H,1-3H3,(H,14,16). The van der Waals surface area contributed by atoms with Crippen molar-refractivity contribution in [3.8, 4) is 0 Å². The van der Waals surface area contributed by atoms with Crippen LogP contribution in [0.15, 0.2) is 16.7 Å². The van der Waals surface area contributed by atoms with E-state index in [1.54, 1.807) is 32.9 Å². The van der Waals surface area contributed by atoms with Gasteiger partial charge >= 0.3 is 6.09 Å². The van der Waals surface area contributed by atoms with Gasteiger partial charge < -0.3 is 4.74 Å². The Hall–Kier alpha value is -1.43. The van der Waals surface area contributed by atoms with Crippen LogP contribution in [0.1, 0.15) is 31.3 Å². The van der Waals surface area contributed by atoms with Gasteiger partial charge in [0.15, 0.2) is 6.29 Å². The molecular weight excluding hydrogens is 288 g/mol. The van der Waals surface area contributed by atoms with Crippen molar-refractivity contribution >= 4 is 34.0 Å². The summed E-state index contributed by atoms with van der Waals surface area (Å²) in [6, 6.07) is 3.20. The molecule has 6 heteroatoms. The highest BCUT2D eigenvalue weighted by Gasteiger charge is 2.17. The highest BCUT2D eigenvalue weighted by molar-refractivity contribution is 9.10. The van der Waals surface area contributed by atoms with E-state index in [1.165, 1.54) is 0 Å². The van der Waals surface area contributed by atoms with Crippen LogP contribution in [-0.4, -0.2) is 23.0 Å². The van der Waals surface area contributed by atoms with Gasteiger partial charge in [0.1, 0.15) is 15.9 Å². The van der Waals surface area contributed by atoms with E-state index in [-0.39, 0.29) is 5.69 Å². The molecule has 5 nitrogen and oxygen atoms in total. The molecule has 17 heavy (non-hydrogen) atoms. The van der Waals surface area contributed by atoms with Gasteiger partial charge in [-0.2, -0.15) is 0 Å². The molecule has 0 fully saturated rings. The first-order valence-corrected chi connectivity index (χ1v) is 5.73. The third-order valence-corrected chi connectivity index (χ3v) is 2.08. The summed E-state index contributed by atoms with van der Waals surface area (Å²) in [7, 11) is 0. The van der Waals surface area contributed by atoms with E-state index in [0.29, 0.717) is 16.6 Å². The van der Waals surface area contributed by atoms with Crippen LogP contribution in [-0.2, 0) is 4.74 Å². The summed E-state index contributed by atoms with van der Waals surface area (Å²) in [6.45, 7) is 5.27. The molecule has 0 aromatic carbocycles. The molecule has 1 heterocycles. The van der Waals surface area contributed by atoms with Gasteiger partial charge in [-0.1, -0.05) is 0 Å². The monoisotopic (exact) mass is 300 g/mol. The van der Waals surface area contributed by atoms with E-state index in [9.17, 15) is 9.59 Å². The maximum atomic E-state index is 11.5. The Kier molecular flexibility index (Phi) is 4.22. The second kappa shape index (κ2) is 5.27. The molecule has 0 bridgehead atoms. The van der Waals surface area contributed by atoms with E-state index in [2.05, 4.69) is 26.2 Å². The minimum Gasteiger partial charge on any atom is -0.444 e. The summed E-state index contributed by atoms with van der Waals surface area (Å²) in [5.41, 5.74) is -0.128. The molecule has 0 aliphatic rings. The predicted octanol–water partition coefficient (Wildman–Crippen LogP) is 3.00. The summed E-state index contributed by atoms with van der Waals surface area (Å²) in [5, 5.41) is 2.47. The molecule has 0 unspecified atom stereocenters. The lowest BCUT2D eigenvalue weighted by molar-refractivity contribution is 0.0636. The van der Waals surface area contributed by atoms with Crippen molar-refractivity contribution < 1.29 is 14.3 Å². The van der Waals surface area contributed by atoms with Crippen molar-refractivity contribution in [3.63, 3.8) is 0 Å². The Bertz CT molecular complexity index is 441. The number of halogens is 1. The molecule has 0 saturated heterocycles. The topological polar surface area (TPSA) is 68.3 Å². The molecule has 0 aliphatic carbocycles. The molecule has 1 amide bonds. The molecule has 0 spiro atoms. The van der Waals surface area contributed by atoms with Crippen LogP contribution in [0, 0.1) is 0 Å². The highest BCUT2D eigenvalue weighted by Crippen LogP contribution is 2.17. The van der Waals surface area contributed by atoms with Gasteiger partial charge in [0.05, 0.1) is 5.69 Å². The number of amides is 1. The fourth-order valence-electron chi connectivity index (χ4n) is 1.06. The van der Waals surface area contributed by atoms with Gasteiger partial charge in [0, 0.05) is 0 Å². The van der Waals surface area contributed by atoms with Crippen LogP contribution in [0.25, 0.3) is 0 Å². The average molecular weight is 301 g/mol. The third-order valence-electron chi connectivity index (χ3n) is 1.64. The molecule has 0 atom stereocenters. The van der Waals surface area contributed by atoms with Crippen molar-refractivity contribution in [2.24, 2.45) is 0 Å². The maximum Gasteiger partial charge on any atom is 0.412 e. The summed E-state index contributed by atoms with van der Waals surface area (Å²) < 4.78 is 5.59. The van der Waals surface area contributed by atoms with Gasteiger partial charge in [0.2, 0.25) is 0 Å².